The zero-order valence-corrected chi connectivity index (χ0v) is 24.9. The molecule has 0 radical (unpaired) electrons. The molecule has 0 spiro atoms. The Kier molecular flexibility index (Phi) is 6.76. The van der Waals surface area contributed by atoms with E-state index in [-0.39, 0.29) is 5.41 Å². The highest BCUT2D eigenvalue weighted by molar-refractivity contribution is 6.10. The van der Waals surface area contributed by atoms with E-state index in [0.29, 0.717) is 0 Å². The highest BCUT2D eigenvalue weighted by atomic mass is 15.1. The van der Waals surface area contributed by atoms with Gasteiger partial charge in [-0.15, -0.1) is 0 Å². The van der Waals surface area contributed by atoms with Crippen LogP contribution in [0.2, 0.25) is 0 Å². The fourth-order valence-electron chi connectivity index (χ4n) is 7.58. The van der Waals surface area contributed by atoms with Gasteiger partial charge in [0.2, 0.25) is 0 Å². The van der Waals surface area contributed by atoms with Gasteiger partial charge in [-0.1, -0.05) is 122 Å². The maximum absolute atomic E-state index is 2.46. The predicted octanol–water partition coefficient (Wildman–Crippen LogP) is 11.5. The van der Waals surface area contributed by atoms with Crippen LogP contribution in [0.1, 0.15) is 43.2 Å². The van der Waals surface area contributed by atoms with Gasteiger partial charge in [0.05, 0.1) is 11.0 Å². The lowest BCUT2D eigenvalue weighted by atomic mass is 9.65. The van der Waals surface area contributed by atoms with Crippen molar-refractivity contribution in [1.29, 1.82) is 0 Å². The van der Waals surface area contributed by atoms with Crippen LogP contribution >= 0.6 is 0 Å². The summed E-state index contributed by atoms with van der Waals surface area (Å²) in [5.74, 6) is 0. The summed E-state index contributed by atoms with van der Waals surface area (Å²) >= 11 is 0. The van der Waals surface area contributed by atoms with Crippen molar-refractivity contribution in [2.45, 2.75) is 37.5 Å². The van der Waals surface area contributed by atoms with E-state index in [0.717, 1.165) is 11.4 Å². The van der Waals surface area contributed by atoms with Crippen LogP contribution in [-0.2, 0) is 5.41 Å². The molecule has 1 aromatic heterocycles. The minimum atomic E-state index is 0.0432. The SMILES string of the molecule is c1ccc(N(c2cccc(C3(c4ccccc4)CCCCC3)c2)c2ccc3c4ccccc4n(-c4ccccc4)c3c2)cc1. The smallest absolute Gasteiger partial charge is 0.0561 e. The minimum absolute atomic E-state index is 0.0432. The molecule has 44 heavy (non-hydrogen) atoms. The van der Waals surface area contributed by atoms with E-state index in [1.54, 1.807) is 0 Å². The van der Waals surface area contributed by atoms with Gasteiger partial charge in [-0.25, -0.2) is 0 Å². The molecule has 0 N–H and O–H groups in total. The quantitative estimate of drug-likeness (QED) is 0.194. The van der Waals surface area contributed by atoms with Crippen LogP contribution in [0.5, 0.6) is 0 Å². The molecule has 2 nitrogen and oxygen atoms in total. The molecule has 0 aliphatic heterocycles. The molecule has 1 saturated carbocycles. The third kappa shape index (κ3) is 4.50. The summed E-state index contributed by atoms with van der Waals surface area (Å²) in [5, 5.41) is 2.54. The molecule has 0 unspecified atom stereocenters. The molecule has 0 bridgehead atoms. The van der Waals surface area contributed by atoms with E-state index in [4.69, 9.17) is 0 Å². The second-order valence-corrected chi connectivity index (χ2v) is 12.1. The number of aromatic nitrogens is 1. The van der Waals surface area contributed by atoms with E-state index >= 15 is 0 Å². The summed E-state index contributed by atoms with van der Waals surface area (Å²) < 4.78 is 2.40. The third-order valence-electron chi connectivity index (χ3n) is 9.63. The van der Waals surface area contributed by atoms with Gasteiger partial charge in [0.15, 0.2) is 0 Å². The van der Waals surface area contributed by atoms with E-state index in [2.05, 4.69) is 167 Å². The van der Waals surface area contributed by atoms with Gasteiger partial charge in [0.25, 0.3) is 0 Å². The zero-order valence-electron chi connectivity index (χ0n) is 24.9. The first-order chi connectivity index (χ1) is 21.8. The van der Waals surface area contributed by atoms with E-state index < -0.39 is 0 Å². The summed E-state index contributed by atoms with van der Waals surface area (Å²) in [5.41, 5.74) is 10.0. The first-order valence-electron chi connectivity index (χ1n) is 15.9. The Morgan fingerprint density at radius 3 is 1.80 bits per heavy atom. The lowest BCUT2D eigenvalue weighted by molar-refractivity contribution is 0.346. The highest BCUT2D eigenvalue weighted by Crippen LogP contribution is 2.47. The zero-order chi connectivity index (χ0) is 29.3. The lowest BCUT2D eigenvalue weighted by Crippen LogP contribution is -2.30. The van der Waals surface area contributed by atoms with Gasteiger partial charge in [-0.3, -0.25) is 0 Å². The van der Waals surface area contributed by atoms with Crippen molar-refractivity contribution in [1.82, 2.24) is 4.57 Å². The Balaban J connectivity index is 1.33. The number of hydrogen-bond donors (Lipinski definition) is 0. The molecular weight excluding hydrogens is 532 g/mol. The van der Waals surface area contributed by atoms with Crippen LogP contribution in [0, 0.1) is 0 Å². The average Bonchev–Trinajstić information content (AvgIpc) is 3.44. The molecular formula is C42H36N2. The first-order valence-corrected chi connectivity index (χ1v) is 15.9. The highest BCUT2D eigenvalue weighted by Gasteiger charge is 2.36. The molecule has 214 valence electrons. The molecule has 7 aromatic rings. The van der Waals surface area contributed by atoms with Gasteiger partial charge in [0, 0.05) is 38.9 Å². The monoisotopic (exact) mass is 568 g/mol. The van der Waals surface area contributed by atoms with Gasteiger partial charge in [-0.05, 0) is 78.6 Å². The number of anilines is 3. The first kappa shape index (κ1) is 26.5. The molecule has 1 fully saturated rings. The third-order valence-corrected chi connectivity index (χ3v) is 9.63. The van der Waals surface area contributed by atoms with Crippen molar-refractivity contribution in [3.05, 3.63) is 169 Å². The maximum atomic E-state index is 2.46. The fraction of sp³-hybridized carbons (Fsp3) is 0.143. The van der Waals surface area contributed by atoms with Gasteiger partial charge >= 0.3 is 0 Å². The summed E-state index contributed by atoms with van der Waals surface area (Å²) in [6.07, 6.45) is 6.23. The molecule has 0 saturated heterocycles. The van der Waals surface area contributed by atoms with E-state index in [1.807, 2.05) is 0 Å². The Morgan fingerprint density at radius 2 is 1.02 bits per heavy atom. The second-order valence-electron chi connectivity index (χ2n) is 12.1. The molecule has 0 atom stereocenters. The van der Waals surface area contributed by atoms with Gasteiger partial charge < -0.3 is 9.47 Å². The van der Waals surface area contributed by atoms with Crippen molar-refractivity contribution in [2.75, 3.05) is 4.90 Å². The number of fused-ring (bicyclic) bond motifs is 3. The Labute approximate surface area is 259 Å². The van der Waals surface area contributed by atoms with Crippen LogP contribution in [0.15, 0.2) is 158 Å². The summed E-state index contributed by atoms with van der Waals surface area (Å²) in [6, 6.07) is 57.8. The molecule has 1 heterocycles. The standard InChI is InChI=1S/C42H36N2/c1-5-16-32(17-6-1)42(28-13-4-14-29-42)33-18-15-23-36(30-33)43(34-19-7-2-8-20-34)37-26-27-39-38-24-11-12-25-40(38)44(41(39)31-37)35-21-9-3-10-22-35/h1-3,5-12,15-27,30-31H,4,13-14,28-29H2. The fourth-order valence-corrected chi connectivity index (χ4v) is 7.58. The number of nitrogens with zero attached hydrogens (tertiary/aromatic N) is 2. The summed E-state index contributed by atoms with van der Waals surface area (Å²) in [4.78, 5) is 2.43. The van der Waals surface area contributed by atoms with E-state index in [1.165, 1.54) is 76.4 Å². The Morgan fingerprint density at radius 1 is 0.432 bits per heavy atom. The lowest BCUT2D eigenvalue weighted by Gasteiger charge is -2.39. The number of hydrogen-bond acceptors (Lipinski definition) is 1. The Bertz CT molecular complexity index is 2030. The van der Waals surface area contributed by atoms with Crippen molar-refractivity contribution < 1.29 is 0 Å². The topological polar surface area (TPSA) is 8.17 Å². The van der Waals surface area contributed by atoms with E-state index in [9.17, 15) is 0 Å². The molecule has 1 aliphatic rings. The minimum Gasteiger partial charge on any atom is -0.310 e. The van der Waals surface area contributed by atoms with Crippen LogP contribution in [0.4, 0.5) is 17.1 Å². The predicted molar refractivity (Wildman–Crippen MR) is 186 cm³/mol. The molecule has 8 rings (SSSR count). The average molecular weight is 569 g/mol. The van der Waals surface area contributed by atoms with Crippen LogP contribution < -0.4 is 4.90 Å². The van der Waals surface area contributed by atoms with Crippen molar-refractivity contribution in [3.63, 3.8) is 0 Å². The second kappa shape index (κ2) is 11.2. The number of benzene rings is 6. The number of rotatable bonds is 6. The van der Waals surface area contributed by atoms with Crippen LogP contribution in [0.3, 0.4) is 0 Å². The molecule has 2 heteroatoms. The molecule has 0 amide bonds. The summed E-state index contributed by atoms with van der Waals surface area (Å²) in [6.45, 7) is 0. The Hall–Kier alpha value is -5.08. The van der Waals surface area contributed by atoms with Crippen molar-refractivity contribution >= 4 is 38.9 Å². The van der Waals surface area contributed by atoms with Gasteiger partial charge in [0.1, 0.15) is 0 Å². The summed E-state index contributed by atoms with van der Waals surface area (Å²) in [7, 11) is 0. The molecule has 6 aromatic carbocycles. The van der Waals surface area contributed by atoms with Crippen LogP contribution in [-0.4, -0.2) is 4.57 Å². The van der Waals surface area contributed by atoms with Crippen molar-refractivity contribution in [2.24, 2.45) is 0 Å². The molecule has 1 aliphatic carbocycles. The number of para-hydroxylation sites is 3. The normalized spacial score (nSPS) is 14.5. The largest absolute Gasteiger partial charge is 0.310 e. The van der Waals surface area contributed by atoms with Gasteiger partial charge in [-0.2, -0.15) is 0 Å². The van der Waals surface area contributed by atoms with Crippen LogP contribution in [0.25, 0.3) is 27.5 Å². The maximum Gasteiger partial charge on any atom is 0.0561 e. The van der Waals surface area contributed by atoms with Crippen molar-refractivity contribution in [3.8, 4) is 5.69 Å².